The van der Waals surface area contributed by atoms with Crippen molar-refractivity contribution in [1.82, 2.24) is 0 Å². The van der Waals surface area contributed by atoms with Crippen LogP contribution in [0.15, 0.2) is 18.2 Å². The van der Waals surface area contributed by atoms with Gasteiger partial charge in [0.25, 0.3) is 0 Å². The second-order valence-electron chi connectivity index (χ2n) is 3.63. The van der Waals surface area contributed by atoms with Crippen LogP contribution in [0.2, 0.25) is 0 Å². The molecule has 0 aliphatic rings. The summed E-state index contributed by atoms with van der Waals surface area (Å²) in [6.07, 6.45) is -9.82. The molecule has 2 nitrogen and oxygen atoms in total. The Balaban J connectivity index is 3.39. The van der Waals surface area contributed by atoms with Crippen LogP contribution in [-0.4, -0.2) is 11.7 Å². The molecule has 0 saturated carbocycles. The number of alkyl halides is 6. The van der Waals surface area contributed by atoms with E-state index in [2.05, 4.69) is 0 Å². The summed E-state index contributed by atoms with van der Waals surface area (Å²) in [7, 11) is 0. The van der Waals surface area contributed by atoms with Gasteiger partial charge in [0.2, 0.25) is 0 Å². The third kappa shape index (κ3) is 3.36. The highest BCUT2D eigenvalue weighted by Gasteiger charge is 2.37. The number of benzene rings is 1. The quantitative estimate of drug-likeness (QED) is 0.814. The molecule has 1 atom stereocenters. The predicted molar refractivity (Wildman–Crippen MR) is 50.5 cm³/mol. The van der Waals surface area contributed by atoms with Crippen LogP contribution in [0, 0.1) is 0 Å². The molecule has 0 amide bonds. The van der Waals surface area contributed by atoms with Gasteiger partial charge in [0, 0.05) is 0 Å². The molecule has 0 radical (unpaired) electrons. The zero-order chi connectivity index (χ0) is 14.1. The summed E-state index contributed by atoms with van der Waals surface area (Å²) in [5, 5.41) is 8.69. The summed E-state index contributed by atoms with van der Waals surface area (Å²) < 4.78 is 74.6. The minimum absolute atomic E-state index is 0.00753. The Morgan fingerprint density at radius 1 is 0.944 bits per heavy atom. The van der Waals surface area contributed by atoms with Crippen LogP contribution >= 0.6 is 0 Å². The lowest BCUT2D eigenvalue weighted by molar-refractivity contribution is -0.143. The van der Waals surface area contributed by atoms with Crippen LogP contribution in [0.5, 0.6) is 0 Å². The van der Waals surface area contributed by atoms with E-state index < -0.39 is 41.7 Å². The van der Waals surface area contributed by atoms with E-state index in [0.717, 1.165) is 0 Å². The molecule has 1 aromatic carbocycles. The van der Waals surface area contributed by atoms with Crippen LogP contribution in [0.25, 0.3) is 0 Å². The second kappa shape index (κ2) is 4.77. The van der Waals surface area contributed by atoms with Crippen molar-refractivity contribution in [3.8, 4) is 0 Å². The molecule has 0 bridgehead atoms. The van der Waals surface area contributed by atoms with Crippen molar-refractivity contribution in [2.45, 2.75) is 18.4 Å². The SMILES string of the molecule is N[C@@H](CO)c1cc(C(F)(F)F)cc(C(F)(F)F)c1. The number of aliphatic hydroxyl groups is 1. The summed E-state index contributed by atoms with van der Waals surface area (Å²) in [5.74, 6) is 0. The van der Waals surface area contributed by atoms with Crippen molar-refractivity contribution >= 4 is 0 Å². The van der Waals surface area contributed by atoms with E-state index in [1.165, 1.54) is 0 Å². The lowest BCUT2D eigenvalue weighted by Crippen LogP contribution is -2.18. The third-order valence-corrected chi connectivity index (χ3v) is 2.23. The van der Waals surface area contributed by atoms with E-state index in [1.54, 1.807) is 0 Å². The fourth-order valence-corrected chi connectivity index (χ4v) is 1.30. The van der Waals surface area contributed by atoms with E-state index in [1.807, 2.05) is 0 Å². The van der Waals surface area contributed by atoms with Gasteiger partial charge in [-0.1, -0.05) is 0 Å². The van der Waals surface area contributed by atoms with Crippen LogP contribution in [0.3, 0.4) is 0 Å². The summed E-state index contributed by atoms with van der Waals surface area (Å²) >= 11 is 0. The molecule has 8 heteroatoms. The number of halogens is 6. The van der Waals surface area contributed by atoms with E-state index in [9.17, 15) is 26.3 Å². The molecule has 0 saturated heterocycles. The Morgan fingerprint density at radius 3 is 1.61 bits per heavy atom. The molecule has 0 unspecified atom stereocenters. The van der Waals surface area contributed by atoms with Gasteiger partial charge in [0.1, 0.15) is 0 Å². The Morgan fingerprint density at radius 2 is 1.33 bits per heavy atom. The van der Waals surface area contributed by atoms with Crippen molar-refractivity contribution in [3.63, 3.8) is 0 Å². The maximum atomic E-state index is 12.4. The first-order valence-electron chi connectivity index (χ1n) is 4.71. The maximum Gasteiger partial charge on any atom is 0.416 e. The number of hydrogen-bond donors (Lipinski definition) is 2. The molecule has 18 heavy (non-hydrogen) atoms. The van der Waals surface area contributed by atoms with Gasteiger partial charge in [-0.05, 0) is 23.8 Å². The minimum atomic E-state index is -4.91. The van der Waals surface area contributed by atoms with E-state index in [0.29, 0.717) is 12.1 Å². The topological polar surface area (TPSA) is 46.2 Å². The van der Waals surface area contributed by atoms with Crippen molar-refractivity contribution in [2.24, 2.45) is 5.73 Å². The van der Waals surface area contributed by atoms with Crippen molar-refractivity contribution in [2.75, 3.05) is 6.61 Å². The van der Waals surface area contributed by atoms with Crippen molar-refractivity contribution in [3.05, 3.63) is 34.9 Å². The minimum Gasteiger partial charge on any atom is -0.394 e. The number of nitrogens with two attached hydrogens (primary N) is 1. The molecular weight excluding hydrogens is 264 g/mol. The van der Waals surface area contributed by atoms with Crippen LogP contribution in [0.1, 0.15) is 22.7 Å². The van der Waals surface area contributed by atoms with E-state index in [4.69, 9.17) is 10.8 Å². The van der Waals surface area contributed by atoms with Gasteiger partial charge in [0.05, 0.1) is 23.8 Å². The molecule has 0 spiro atoms. The smallest absolute Gasteiger partial charge is 0.394 e. The van der Waals surface area contributed by atoms with Gasteiger partial charge in [-0.15, -0.1) is 0 Å². The molecule has 0 fully saturated rings. The molecule has 1 aromatic rings. The third-order valence-electron chi connectivity index (χ3n) is 2.23. The zero-order valence-electron chi connectivity index (χ0n) is 8.81. The molecular formula is C10H9F6NO. The van der Waals surface area contributed by atoms with Gasteiger partial charge >= 0.3 is 12.4 Å². The first kappa shape index (κ1) is 14.8. The molecule has 0 heterocycles. The largest absolute Gasteiger partial charge is 0.416 e. The second-order valence-corrected chi connectivity index (χ2v) is 3.63. The van der Waals surface area contributed by atoms with Crippen molar-refractivity contribution < 1.29 is 31.4 Å². The zero-order valence-corrected chi connectivity index (χ0v) is 8.81. The molecule has 102 valence electrons. The number of aliphatic hydroxyl groups excluding tert-OH is 1. The average molecular weight is 273 g/mol. The summed E-state index contributed by atoms with van der Waals surface area (Å²) in [4.78, 5) is 0. The highest BCUT2D eigenvalue weighted by atomic mass is 19.4. The maximum absolute atomic E-state index is 12.4. The molecule has 1 rings (SSSR count). The van der Waals surface area contributed by atoms with E-state index in [-0.39, 0.29) is 6.07 Å². The van der Waals surface area contributed by atoms with Crippen LogP contribution in [0.4, 0.5) is 26.3 Å². The van der Waals surface area contributed by atoms with Gasteiger partial charge in [-0.2, -0.15) is 26.3 Å². The first-order valence-corrected chi connectivity index (χ1v) is 4.71. The monoisotopic (exact) mass is 273 g/mol. The summed E-state index contributed by atoms with van der Waals surface area (Å²) in [5.41, 5.74) is 1.92. The Kier molecular flexibility index (Phi) is 3.92. The fraction of sp³-hybridized carbons (Fsp3) is 0.400. The molecule has 0 aliphatic heterocycles. The summed E-state index contributed by atoms with van der Waals surface area (Å²) in [6.45, 7) is -0.751. The normalized spacial score (nSPS) is 14.7. The Bertz CT molecular complexity index is 393. The molecule has 0 aromatic heterocycles. The molecule has 0 aliphatic carbocycles. The van der Waals surface area contributed by atoms with Gasteiger partial charge in [-0.3, -0.25) is 0 Å². The lowest BCUT2D eigenvalue weighted by Gasteiger charge is -2.16. The fourth-order valence-electron chi connectivity index (χ4n) is 1.30. The van der Waals surface area contributed by atoms with Gasteiger partial charge in [-0.25, -0.2) is 0 Å². The highest BCUT2D eigenvalue weighted by molar-refractivity contribution is 5.35. The lowest BCUT2D eigenvalue weighted by atomic mass is 10.0. The van der Waals surface area contributed by atoms with E-state index >= 15 is 0 Å². The highest BCUT2D eigenvalue weighted by Crippen LogP contribution is 2.37. The van der Waals surface area contributed by atoms with Gasteiger partial charge < -0.3 is 10.8 Å². The number of hydrogen-bond acceptors (Lipinski definition) is 2. The summed E-state index contributed by atoms with van der Waals surface area (Å²) in [6, 6.07) is -0.298. The van der Waals surface area contributed by atoms with Crippen LogP contribution < -0.4 is 5.73 Å². The Hall–Kier alpha value is -1.28. The predicted octanol–water partition coefficient (Wildman–Crippen LogP) is 2.72. The Labute approximate surface area is 98.0 Å². The molecule has 3 N–H and O–H groups in total. The number of rotatable bonds is 2. The average Bonchev–Trinajstić information content (AvgIpc) is 2.25. The van der Waals surface area contributed by atoms with Crippen LogP contribution in [-0.2, 0) is 12.4 Å². The standard InChI is InChI=1S/C10H9F6NO/c11-9(12,13)6-1-5(8(17)4-18)2-7(3-6)10(14,15)16/h1-3,8,18H,4,17H2/t8-/m0/s1. The van der Waals surface area contributed by atoms with Crippen molar-refractivity contribution in [1.29, 1.82) is 0 Å². The first-order chi connectivity index (χ1) is 8.05. The van der Waals surface area contributed by atoms with Gasteiger partial charge in [0.15, 0.2) is 0 Å².